The number of hydrogen-bond donors (Lipinski definition) is 1. The molecule has 66 valence electrons. The molecule has 0 aliphatic carbocycles. The second-order valence-corrected chi connectivity index (χ2v) is 3.00. The van der Waals surface area contributed by atoms with Gasteiger partial charge in [0, 0.05) is 0 Å². The zero-order chi connectivity index (χ0) is 9.26. The Balaban J connectivity index is 2.52. The maximum absolute atomic E-state index is 9.08. The molecule has 0 fully saturated rings. The van der Waals surface area contributed by atoms with Gasteiger partial charge >= 0.3 is 0 Å². The molecule has 0 saturated heterocycles. The molecule has 4 heteroatoms. The van der Waals surface area contributed by atoms with E-state index in [1.54, 1.807) is 6.07 Å². The summed E-state index contributed by atoms with van der Waals surface area (Å²) < 4.78 is 1.53. The highest BCUT2D eigenvalue weighted by atomic mass is 35.5. The van der Waals surface area contributed by atoms with Crippen molar-refractivity contribution in [3.63, 3.8) is 0 Å². The Morgan fingerprint density at radius 1 is 1.31 bits per heavy atom. The number of rotatable bonds is 1. The van der Waals surface area contributed by atoms with Gasteiger partial charge in [0.25, 0.3) is 0 Å². The molecule has 0 atom stereocenters. The Morgan fingerprint density at radius 3 is 2.69 bits per heavy atom. The third-order valence-electron chi connectivity index (χ3n) is 1.67. The molecule has 0 radical (unpaired) electrons. The van der Waals surface area contributed by atoms with Crippen molar-refractivity contribution in [1.82, 2.24) is 9.78 Å². The fourth-order valence-electron chi connectivity index (χ4n) is 1.08. The number of para-hydroxylation sites is 1. The summed E-state index contributed by atoms with van der Waals surface area (Å²) in [5.74, 6) is 0.125. The minimum Gasteiger partial charge on any atom is -0.505 e. The van der Waals surface area contributed by atoms with Crippen molar-refractivity contribution >= 4 is 11.6 Å². The van der Waals surface area contributed by atoms with Crippen LogP contribution in [0.15, 0.2) is 36.7 Å². The van der Waals surface area contributed by atoms with E-state index < -0.39 is 0 Å². The summed E-state index contributed by atoms with van der Waals surface area (Å²) in [6.45, 7) is 0. The van der Waals surface area contributed by atoms with E-state index in [4.69, 9.17) is 16.7 Å². The number of aromatic hydroxyl groups is 1. The van der Waals surface area contributed by atoms with Crippen molar-refractivity contribution in [2.24, 2.45) is 0 Å². The topological polar surface area (TPSA) is 38.1 Å². The second kappa shape index (κ2) is 3.11. The molecule has 1 heterocycles. The molecule has 1 aromatic heterocycles. The summed E-state index contributed by atoms with van der Waals surface area (Å²) >= 11 is 5.93. The van der Waals surface area contributed by atoms with Crippen LogP contribution < -0.4 is 0 Å². The Kier molecular flexibility index (Phi) is 1.94. The summed E-state index contributed by atoms with van der Waals surface area (Å²) in [4.78, 5) is 0. The lowest BCUT2D eigenvalue weighted by molar-refractivity contribution is 0.475. The average Bonchev–Trinajstić information content (AvgIpc) is 2.53. The van der Waals surface area contributed by atoms with Gasteiger partial charge in [-0.05, 0) is 12.1 Å². The lowest BCUT2D eigenvalue weighted by atomic mass is 10.3. The van der Waals surface area contributed by atoms with Crippen LogP contribution in [0.4, 0.5) is 0 Å². The number of nitrogens with zero attached hydrogens (tertiary/aromatic N) is 2. The van der Waals surface area contributed by atoms with Crippen molar-refractivity contribution in [2.75, 3.05) is 0 Å². The largest absolute Gasteiger partial charge is 0.505 e. The van der Waals surface area contributed by atoms with Crippen LogP contribution in [0.3, 0.4) is 0 Å². The fourth-order valence-corrected chi connectivity index (χ4v) is 1.30. The quantitative estimate of drug-likeness (QED) is 0.756. The van der Waals surface area contributed by atoms with Crippen LogP contribution in [0.25, 0.3) is 5.69 Å². The number of aromatic nitrogens is 2. The first-order valence-electron chi connectivity index (χ1n) is 3.76. The Morgan fingerprint density at radius 2 is 2.08 bits per heavy atom. The highest BCUT2D eigenvalue weighted by Gasteiger charge is 2.02. The summed E-state index contributed by atoms with van der Waals surface area (Å²) in [5, 5.41) is 13.6. The van der Waals surface area contributed by atoms with E-state index in [9.17, 15) is 0 Å². The average molecular weight is 195 g/mol. The molecule has 13 heavy (non-hydrogen) atoms. The van der Waals surface area contributed by atoms with E-state index in [0.29, 0.717) is 5.02 Å². The predicted octanol–water partition coefficient (Wildman–Crippen LogP) is 2.23. The second-order valence-electron chi connectivity index (χ2n) is 2.59. The van der Waals surface area contributed by atoms with Crippen LogP contribution in [0.2, 0.25) is 5.02 Å². The van der Waals surface area contributed by atoms with Crippen molar-refractivity contribution in [3.05, 3.63) is 41.7 Å². The molecule has 3 nitrogen and oxygen atoms in total. The lowest BCUT2D eigenvalue weighted by Gasteiger charge is -2.01. The van der Waals surface area contributed by atoms with Gasteiger partial charge in [-0.1, -0.05) is 23.7 Å². The van der Waals surface area contributed by atoms with Gasteiger partial charge in [0.1, 0.15) is 0 Å². The zero-order valence-corrected chi connectivity index (χ0v) is 7.44. The van der Waals surface area contributed by atoms with Gasteiger partial charge in [-0.25, -0.2) is 4.68 Å². The standard InChI is InChI=1S/C9H7ClN2O/c10-8-3-1-2-4-9(8)12-6-7(13)5-11-12/h1-6,13H. The highest BCUT2D eigenvalue weighted by Crippen LogP contribution is 2.20. The summed E-state index contributed by atoms with van der Waals surface area (Å²) in [6.07, 6.45) is 2.87. The van der Waals surface area contributed by atoms with Crippen LogP contribution in [0.1, 0.15) is 0 Å². The maximum atomic E-state index is 9.08. The monoisotopic (exact) mass is 194 g/mol. The van der Waals surface area contributed by atoms with E-state index in [0.717, 1.165) is 5.69 Å². The molecule has 0 saturated carbocycles. The highest BCUT2D eigenvalue weighted by molar-refractivity contribution is 6.32. The SMILES string of the molecule is Oc1cnn(-c2ccccc2Cl)c1. The van der Waals surface area contributed by atoms with Crippen molar-refractivity contribution in [2.45, 2.75) is 0 Å². The van der Waals surface area contributed by atoms with E-state index in [-0.39, 0.29) is 5.75 Å². The molecular formula is C9H7ClN2O. The zero-order valence-electron chi connectivity index (χ0n) is 6.68. The van der Waals surface area contributed by atoms with Crippen LogP contribution >= 0.6 is 11.6 Å². The lowest BCUT2D eigenvalue weighted by Crippen LogP contribution is -1.93. The Hall–Kier alpha value is -1.48. The molecule has 2 aromatic rings. The molecule has 2 rings (SSSR count). The van der Waals surface area contributed by atoms with Gasteiger partial charge < -0.3 is 5.11 Å². The summed E-state index contributed by atoms with van der Waals surface area (Å²) in [5.41, 5.74) is 0.754. The van der Waals surface area contributed by atoms with Gasteiger partial charge in [-0.15, -0.1) is 0 Å². The number of halogens is 1. The van der Waals surface area contributed by atoms with E-state index in [1.165, 1.54) is 17.1 Å². The number of hydrogen-bond acceptors (Lipinski definition) is 2. The third-order valence-corrected chi connectivity index (χ3v) is 1.99. The molecule has 0 bridgehead atoms. The maximum Gasteiger partial charge on any atom is 0.153 e. The minimum atomic E-state index is 0.125. The normalized spacial score (nSPS) is 10.2. The van der Waals surface area contributed by atoms with Gasteiger partial charge in [0.2, 0.25) is 0 Å². The van der Waals surface area contributed by atoms with Crippen molar-refractivity contribution in [1.29, 1.82) is 0 Å². The molecule has 0 unspecified atom stereocenters. The third kappa shape index (κ3) is 1.51. The van der Waals surface area contributed by atoms with E-state index >= 15 is 0 Å². The van der Waals surface area contributed by atoms with Crippen molar-refractivity contribution < 1.29 is 5.11 Å². The van der Waals surface area contributed by atoms with Crippen LogP contribution in [0, 0.1) is 0 Å². The van der Waals surface area contributed by atoms with Crippen molar-refractivity contribution in [3.8, 4) is 11.4 Å². The molecule has 0 spiro atoms. The Bertz CT molecular complexity index is 425. The Labute approximate surface area is 80.2 Å². The molecule has 1 N–H and O–H groups in total. The molecule has 1 aromatic carbocycles. The molecule has 0 aliphatic rings. The van der Waals surface area contributed by atoms with Gasteiger partial charge in [0.15, 0.2) is 5.75 Å². The van der Waals surface area contributed by atoms with Gasteiger partial charge in [-0.3, -0.25) is 0 Å². The first-order chi connectivity index (χ1) is 6.27. The van der Waals surface area contributed by atoms with Crippen LogP contribution in [0.5, 0.6) is 5.75 Å². The number of benzene rings is 1. The minimum absolute atomic E-state index is 0.125. The molecular weight excluding hydrogens is 188 g/mol. The fraction of sp³-hybridized carbons (Fsp3) is 0. The molecule has 0 aliphatic heterocycles. The summed E-state index contributed by atoms with van der Waals surface area (Å²) in [6, 6.07) is 7.31. The van der Waals surface area contributed by atoms with E-state index in [2.05, 4.69) is 5.10 Å². The first kappa shape index (κ1) is 8.13. The van der Waals surface area contributed by atoms with Gasteiger partial charge in [0.05, 0.1) is 23.1 Å². The summed E-state index contributed by atoms with van der Waals surface area (Å²) in [7, 11) is 0. The predicted molar refractivity (Wildman–Crippen MR) is 50.2 cm³/mol. The van der Waals surface area contributed by atoms with Crippen LogP contribution in [-0.4, -0.2) is 14.9 Å². The smallest absolute Gasteiger partial charge is 0.153 e. The molecule has 0 amide bonds. The van der Waals surface area contributed by atoms with E-state index in [1.807, 2.05) is 18.2 Å². The van der Waals surface area contributed by atoms with Crippen LogP contribution in [-0.2, 0) is 0 Å². The first-order valence-corrected chi connectivity index (χ1v) is 4.14. The van der Waals surface area contributed by atoms with Gasteiger partial charge in [-0.2, -0.15) is 5.10 Å².